The Morgan fingerprint density at radius 2 is 1.80 bits per heavy atom. The number of carbonyl (C=O) groups is 1. The maximum Gasteiger partial charge on any atom is 0.249 e. The van der Waals surface area contributed by atoms with Gasteiger partial charge in [-0.25, -0.2) is 0 Å². The Morgan fingerprint density at radius 3 is 2.43 bits per heavy atom. The van der Waals surface area contributed by atoms with Crippen LogP contribution in [0.15, 0.2) is 24.3 Å². The summed E-state index contributed by atoms with van der Waals surface area (Å²) in [5.74, 6) is 1.42. The highest BCUT2D eigenvalue weighted by atomic mass is 16.7. The minimum absolute atomic E-state index is 0.240. The minimum atomic E-state index is -1.02. The molecule has 6 nitrogen and oxygen atoms in total. The number of nitrogens with one attached hydrogen (secondary N) is 1. The summed E-state index contributed by atoms with van der Waals surface area (Å²) in [7, 11) is 0. The van der Waals surface area contributed by atoms with E-state index < -0.39 is 12.4 Å². The molecule has 168 valence electrons. The van der Waals surface area contributed by atoms with Crippen molar-refractivity contribution in [3.8, 4) is 5.75 Å². The lowest BCUT2D eigenvalue weighted by atomic mass is 9.90. The first-order valence-corrected chi connectivity index (χ1v) is 11.4. The second kappa shape index (κ2) is 11.7. The standard InChI is InChI=1S/C24H37NO5/c1-17(2)14-22(26)23(27)25-21(24-28-12-13-29-24)15-18-8-10-20(11-9-18)30-16-19-6-4-3-5-7-19/h8-11,17,19,21-22,24,26H,3-7,12-16H2,1-2H3,(H,25,27)/t21-,22?/m0/s1. The Kier molecular flexibility index (Phi) is 8.97. The fourth-order valence-electron chi connectivity index (χ4n) is 4.20. The monoisotopic (exact) mass is 419 g/mol. The number of aliphatic hydroxyl groups excluding tert-OH is 1. The van der Waals surface area contributed by atoms with Crippen molar-refractivity contribution in [2.45, 2.75) is 77.2 Å². The summed E-state index contributed by atoms with van der Waals surface area (Å²) < 4.78 is 17.3. The van der Waals surface area contributed by atoms with Crippen molar-refractivity contribution >= 4 is 5.91 Å². The molecular weight excluding hydrogens is 382 g/mol. The predicted molar refractivity (Wildman–Crippen MR) is 115 cm³/mol. The molecule has 1 saturated heterocycles. The van der Waals surface area contributed by atoms with Gasteiger partial charge in [0.2, 0.25) is 5.91 Å². The van der Waals surface area contributed by atoms with Crippen molar-refractivity contribution in [3.05, 3.63) is 29.8 Å². The van der Waals surface area contributed by atoms with E-state index in [0.29, 0.717) is 32.0 Å². The van der Waals surface area contributed by atoms with E-state index >= 15 is 0 Å². The van der Waals surface area contributed by atoms with Crippen LogP contribution in [-0.2, 0) is 20.7 Å². The van der Waals surface area contributed by atoms with Gasteiger partial charge in [0.1, 0.15) is 11.9 Å². The van der Waals surface area contributed by atoms with Crippen molar-refractivity contribution in [1.82, 2.24) is 5.32 Å². The molecule has 2 aliphatic rings. The Morgan fingerprint density at radius 1 is 1.13 bits per heavy atom. The normalized spacial score (nSPS) is 20.3. The van der Waals surface area contributed by atoms with Crippen molar-refractivity contribution in [3.63, 3.8) is 0 Å². The quantitative estimate of drug-likeness (QED) is 0.607. The zero-order chi connectivity index (χ0) is 21.3. The van der Waals surface area contributed by atoms with Crippen LogP contribution in [0.3, 0.4) is 0 Å². The number of hydrogen-bond donors (Lipinski definition) is 2. The fraction of sp³-hybridized carbons (Fsp3) is 0.708. The second-order valence-electron chi connectivity index (χ2n) is 9.03. The third kappa shape index (κ3) is 7.25. The first kappa shape index (κ1) is 23.0. The smallest absolute Gasteiger partial charge is 0.249 e. The third-order valence-corrected chi connectivity index (χ3v) is 5.89. The van der Waals surface area contributed by atoms with E-state index in [4.69, 9.17) is 14.2 Å². The summed E-state index contributed by atoms with van der Waals surface area (Å²) >= 11 is 0. The number of hydrogen-bond acceptors (Lipinski definition) is 5. The first-order chi connectivity index (χ1) is 14.5. The summed E-state index contributed by atoms with van der Waals surface area (Å²) in [6.07, 6.45) is 5.99. The molecule has 2 fully saturated rings. The number of benzene rings is 1. The van der Waals surface area contributed by atoms with Gasteiger partial charge in [0.25, 0.3) is 0 Å². The molecular formula is C24H37NO5. The van der Waals surface area contributed by atoms with Crippen molar-refractivity contribution in [1.29, 1.82) is 0 Å². The van der Waals surface area contributed by atoms with Gasteiger partial charge in [-0.1, -0.05) is 45.2 Å². The summed E-state index contributed by atoms with van der Waals surface area (Å²) in [5, 5.41) is 13.1. The largest absolute Gasteiger partial charge is 0.493 e. The van der Waals surface area contributed by atoms with Gasteiger partial charge in [0.15, 0.2) is 6.29 Å². The molecule has 1 heterocycles. The molecule has 0 aromatic heterocycles. The average molecular weight is 420 g/mol. The van der Waals surface area contributed by atoms with Crippen molar-refractivity contribution < 1.29 is 24.1 Å². The van der Waals surface area contributed by atoms with E-state index in [-0.39, 0.29) is 17.9 Å². The minimum Gasteiger partial charge on any atom is -0.493 e. The number of carbonyl (C=O) groups excluding carboxylic acids is 1. The summed E-state index contributed by atoms with van der Waals surface area (Å²) in [6, 6.07) is 7.67. The average Bonchev–Trinajstić information content (AvgIpc) is 3.28. The molecule has 1 aromatic carbocycles. The van der Waals surface area contributed by atoms with Crippen LogP contribution >= 0.6 is 0 Å². The Balaban J connectivity index is 1.54. The fourth-order valence-corrected chi connectivity index (χ4v) is 4.20. The summed E-state index contributed by atoms with van der Waals surface area (Å²) in [4.78, 5) is 12.4. The van der Waals surface area contributed by atoms with Gasteiger partial charge in [-0.05, 0) is 55.2 Å². The number of aliphatic hydroxyl groups is 1. The highest BCUT2D eigenvalue weighted by Crippen LogP contribution is 2.25. The van der Waals surface area contributed by atoms with Crippen LogP contribution in [0.4, 0.5) is 0 Å². The SMILES string of the molecule is CC(C)CC(O)C(=O)N[C@@H](Cc1ccc(OCC2CCCCC2)cc1)C1OCCO1. The Hall–Kier alpha value is -1.63. The zero-order valence-electron chi connectivity index (χ0n) is 18.3. The highest BCUT2D eigenvalue weighted by molar-refractivity contribution is 5.80. The van der Waals surface area contributed by atoms with Crippen LogP contribution in [0.1, 0.15) is 57.9 Å². The topological polar surface area (TPSA) is 77.0 Å². The van der Waals surface area contributed by atoms with Gasteiger partial charge < -0.3 is 24.6 Å². The van der Waals surface area contributed by atoms with Crippen molar-refractivity contribution in [2.75, 3.05) is 19.8 Å². The number of ether oxygens (including phenoxy) is 3. The Labute approximate surface area is 180 Å². The second-order valence-corrected chi connectivity index (χ2v) is 9.03. The van der Waals surface area contributed by atoms with E-state index in [1.165, 1.54) is 32.1 Å². The lowest BCUT2D eigenvalue weighted by Gasteiger charge is -2.25. The van der Waals surface area contributed by atoms with Crippen LogP contribution in [0, 0.1) is 11.8 Å². The number of amides is 1. The van der Waals surface area contributed by atoms with Gasteiger partial charge in [-0.2, -0.15) is 0 Å². The van der Waals surface area contributed by atoms with E-state index in [0.717, 1.165) is 17.9 Å². The molecule has 2 atom stereocenters. The summed E-state index contributed by atoms with van der Waals surface area (Å²) in [6.45, 7) is 5.78. The maximum absolute atomic E-state index is 12.4. The van der Waals surface area contributed by atoms with Crippen LogP contribution in [0.5, 0.6) is 5.75 Å². The van der Waals surface area contributed by atoms with Crippen LogP contribution < -0.4 is 10.1 Å². The Bertz CT molecular complexity index is 636. The predicted octanol–water partition coefficient (Wildman–Crippen LogP) is 3.45. The van der Waals surface area contributed by atoms with Gasteiger partial charge in [0.05, 0.1) is 25.9 Å². The van der Waals surface area contributed by atoms with E-state index in [1.807, 2.05) is 38.1 Å². The molecule has 1 saturated carbocycles. The van der Waals surface area contributed by atoms with Crippen molar-refractivity contribution in [2.24, 2.45) is 11.8 Å². The van der Waals surface area contributed by atoms with Gasteiger partial charge >= 0.3 is 0 Å². The molecule has 1 unspecified atom stereocenters. The van der Waals surface area contributed by atoms with Gasteiger partial charge in [0, 0.05) is 0 Å². The van der Waals surface area contributed by atoms with E-state index in [2.05, 4.69) is 5.32 Å². The van der Waals surface area contributed by atoms with Crippen LogP contribution in [-0.4, -0.2) is 49.3 Å². The van der Waals surface area contributed by atoms with E-state index in [9.17, 15) is 9.90 Å². The molecule has 0 bridgehead atoms. The first-order valence-electron chi connectivity index (χ1n) is 11.4. The van der Waals surface area contributed by atoms with Gasteiger partial charge in [-0.3, -0.25) is 4.79 Å². The van der Waals surface area contributed by atoms with Gasteiger partial charge in [-0.15, -0.1) is 0 Å². The molecule has 2 N–H and O–H groups in total. The highest BCUT2D eigenvalue weighted by Gasteiger charge is 2.30. The molecule has 1 aliphatic carbocycles. The molecule has 3 rings (SSSR count). The zero-order valence-corrected chi connectivity index (χ0v) is 18.3. The number of rotatable bonds is 10. The molecule has 1 aromatic rings. The molecule has 1 aliphatic heterocycles. The van der Waals surface area contributed by atoms with E-state index in [1.54, 1.807) is 0 Å². The summed E-state index contributed by atoms with van der Waals surface area (Å²) in [5.41, 5.74) is 1.06. The maximum atomic E-state index is 12.4. The molecule has 1 amide bonds. The lowest BCUT2D eigenvalue weighted by molar-refractivity contribution is -0.135. The lowest BCUT2D eigenvalue weighted by Crippen LogP contribution is -2.49. The third-order valence-electron chi connectivity index (χ3n) is 5.89. The van der Waals surface area contributed by atoms with Crippen LogP contribution in [0.2, 0.25) is 0 Å². The molecule has 30 heavy (non-hydrogen) atoms. The van der Waals surface area contributed by atoms with Crippen LogP contribution in [0.25, 0.3) is 0 Å². The molecule has 0 radical (unpaired) electrons. The molecule has 0 spiro atoms. The molecule has 6 heteroatoms.